The highest BCUT2D eigenvalue weighted by atomic mass is 31.1. The van der Waals surface area contributed by atoms with Crippen LogP contribution in [-0.4, -0.2) is 6.29 Å². The Bertz CT molecular complexity index is 786. The summed E-state index contributed by atoms with van der Waals surface area (Å²) in [4.78, 5) is 11.7. The molecule has 0 atom stereocenters. The van der Waals surface area contributed by atoms with E-state index in [9.17, 15) is 4.79 Å². The van der Waals surface area contributed by atoms with Gasteiger partial charge in [-0.25, -0.2) is 0 Å². The summed E-state index contributed by atoms with van der Waals surface area (Å²) in [6, 6.07) is 25.5. The predicted molar refractivity (Wildman–Crippen MR) is 105 cm³/mol. The van der Waals surface area contributed by atoms with E-state index in [-0.39, 0.29) is 0 Å². The van der Waals surface area contributed by atoms with Gasteiger partial charge in [-0.1, -0.05) is 79.7 Å². The van der Waals surface area contributed by atoms with Crippen LogP contribution in [-0.2, 0) is 6.42 Å². The Morgan fingerprint density at radius 2 is 1.38 bits per heavy atom. The van der Waals surface area contributed by atoms with E-state index in [4.69, 9.17) is 0 Å². The molecule has 0 aromatic heterocycles. The van der Waals surface area contributed by atoms with Gasteiger partial charge in [-0.3, -0.25) is 4.79 Å². The first kappa shape index (κ1) is 16.6. The largest absolute Gasteiger partial charge is 0.298 e. The first-order valence-corrected chi connectivity index (χ1v) is 9.58. The van der Waals surface area contributed by atoms with Crippen molar-refractivity contribution < 1.29 is 4.79 Å². The average molecular weight is 332 g/mol. The zero-order valence-electron chi connectivity index (χ0n) is 14.1. The third-order valence-electron chi connectivity index (χ3n) is 4.29. The molecule has 3 aromatic carbocycles. The minimum atomic E-state index is -0.666. The lowest BCUT2D eigenvalue weighted by molar-refractivity contribution is 0.112. The van der Waals surface area contributed by atoms with Crippen molar-refractivity contribution in [1.29, 1.82) is 0 Å². The SMILES string of the molecule is CCc1c(P(c2ccccc2)c2ccccc2)ccc(C)c1C=O. The summed E-state index contributed by atoms with van der Waals surface area (Å²) >= 11 is 0. The van der Waals surface area contributed by atoms with Crippen LogP contribution in [0.4, 0.5) is 0 Å². The van der Waals surface area contributed by atoms with Crippen LogP contribution >= 0.6 is 7.92 Å². The number of aldehydes is 1. The van der Waals surface area contributed by atoms with Crippen molar-refractivity contribution in [3.8, 4) is 0 Å². The summed E-state index contributed by atoms with van der Waals surface area (Å²) in [7, 11) is -0.666. The molecule has 0 saturated heterocycles. The van der Waals surface area contributed by atoms with Gasteiger partial charge in [0.05, 0.1) is 0 Å². The van der Waals surface area contributed by atoms with Crippen molar-refractivity contribution in [3.05, 3.63) is 89.5 Å². The van der Waals surface area contributed by atoms with E-state index in [1.54, 1.807) is 0 Å². The zero-order chi connectivity index (χ0) is 16.9. The first-order valence-electron chi connectivity index (χ1n) is 8.24. The molecule has 3 aromatic rings. The number of hydrogen-bond acceptors (Lipinski definition) is 1. The minimum absolute atomic E-state index is 0.666. The molecule has 1 nitrogen and oxygen atoms in total. The Labute approximate surface area is 145 Å². The topological polar surface area (TPSA) is 17.1 Å². The number of benzene rings is 3. The minimum Gasteiger partial charge on any atom is -0.298 e. The second-order valence-corrected chi connectivity index (χ2v) is 7.96. The lowest BCUT2D eigenvalue weighted by Gasteiger charge is -2.23. The first-order chi connectivity index (χ1) is 11.8. The van der Waals surface area contributed by atoms with Gasteiger partial charge in [0.2, 0.25) is 0 Å². The second kappa shape index (κ2) is 7.55. The molecule has 0 heterocycles. The second-order valence-electron chi connectivity index (χ2n) is 5.77. The molecule has 0 fully saturated rings. The van der Waals surface area contributed by atoms with Crippen LogP contribution in [0.5, 0.6) is 0 Å². The zero-order valence-corrected chi connectivity index (χ0v) is 15.0. The molecule has 24 heavy (non-hydrogen) atoms. The van der Waals surface area contributed by atoms with Gasteiger partial charge in [0, 0.05) is 5.56 Å². The fourth-order valence-corrected chi connectivity index (χ4v) is 5.66. The van der Waals surface area contributed by atoms with E-state index >= 15 is 0 Å². The van der Waals surface area contributed by atoms with Gasteiger partial charge in [0.15, 0.2) is 6.29 Å². The van der Waals surface area contributed by atoms with Crippen LogP contribution in [0.1, 0.15) is 28.4 Å². The predicted octanol–water partition coefficient (Wildman–Crippen LogP) is 4.13. The highest BCUT2D eigenvalue weighted by Gasteiger charge is 2.21. The molecular formula is C22H21OP. The number of hydrogen-bond donors (Lipinski definition) is 0. The number of carbonyl (C=O) groups excluding carboxylic acids is 1. The fraction of sp³-hybridized carbons (Fsp3) is 0.136. The van der Waals surface area contributed by atoms with Crippen LogP contribution in [0.25, 0.3) is 0 Å². The van der Waals surface area contributed by atoms with E-state index < -0.39 is 7.92 Å². The maximum absolute atomic E-state index is 11.7. The molecule has 0 amide bonds. The van der Waals surface area contributed by atoms with Crippen molar-refractivity contribution in [1.82, 2.24) is 0 Å². The quantitative estimate of drug-likeness (QED) is 0.507. The van der Waals surface area contributed by atoms with Crippen LogP contribution in [0.2, 0.25) is 0 Å². The van der Waals surface area contributed by atoms with Gasteiger partial charge in [0.1, 0.15) is 0 Å². The van der Waals surface area contributed by atoms with E-state index in [0.717, 1.165) is 23.8 Å². The van der Waals surface area contributed by atoms with Crippen LogP contribution in [0.3, 0.4) is 0 Å². The number of carbonyl (C=O) groups is 1. The lowest BCUT2D eigenvalue weighted by Crippen LogP contribution is -2.24. The van der Waals surface area contributed by atoms with Gasteiger partial charge in [-0.05, 0) is 48.3 Å². The number of aryl methyl sites for hydroxylation is 1. The summed E-state index contributed by atoms with van der Waals surface area (Å²) < 4.78 is 0. The Balaban J connectivity index is 2.26. The highest BCUT2D eigenvalue weighted by Crippen LogP contribution is 2.35. The van der Waals surface area contributed by atoms with Crippen LogP contribution < -0.4 is 15.9 Å². The molecule has 0 saturated carbocycles. The van der Waals surface area contributed by atoms with Crippen molar-refractivity contribution in [2.45, 2.75) is 20.3 Å². The van der Waals surface area contributed by atoms with E-state index in [2.05, 4.69) is 79.7 Å². The van der Waals surface area contributed by atoms with Gasteiger partial charge >= 0.3 is 0 Å². The van der Waals surface area contributed by atoms with E-state index in [1.807, 2.05) is 6.92 Å². The molecule has 0 aliphatic rings. The van der Waals surface area contributed by atoms with Crippen molar-refractivity contribution in [2.75, 3.05) is 0 Å². The normalized spacial score (nSPS) is 10.8. The molecule has 0 radical (unpaired) electrons. The molecule has 3 rings (SSSR count). The van der Waals surface area contributed by atoms with E-state index in [0.29, 0.717) is 0 Å². The monoisotopic (exact) mass is 332 g/mol. The molecule has 0 spiro atoms. The van der Waals surface area contributed by atoms with Gasteiger partial charge in [-0.2, -0.15) is 0 Å². The molecule has 120 valence electrons. The molecule has 0 N–H and O–H groups in total. The molecular weight excluding hydrogens is 311 g/mol. The fourth-order valence-electron chi connectivity index (χ4n) is 3.10. The maximum atomic E-state index is 11.7. The molecule has 2 heteroatoms. The maximum Gasteiger partial charge on any atom is 0.150 e. The summed E-state index contributed by atoms with van der Waals surface area (Å²) in [6.07, 6.45) is 1.88. The van der Waals surface area contributed by atoms with Gasteiger partial charge < -0.3 is 0 Å². The standard InChI is InChI=1S/C22H21OP/c1-3-20-21(16-23)17(2)14-15-22(20)24(18-10-6-4-7-11-18)19-12-8-5-9-13-19/h4-16H,3H2,1-2H3. The third kappa shape index (κ3) is 3.18. The van der Waals surface area contributed by atoms with Crippen LogP contribution in [0.15, 0.2) is 72.8 Å². The number of rotatable bonds is 5. The Morgan fingerprint density at radius 3 is 1.83 bits per heavy atom. The Kier molecular flexibility index (Phi) is 5.23. The van der Waals surface area contributed by atoms with Gasteiger partial charge in [0.25, 0.3) is 0 Å². The Hall–Kier alpha value is -2.24. The van der Waals surface area contributed by atoms with E-state index in [1.165, 1.54) is 21.5 Å². The van der Waals surface area contributed by atoms with Crippen molar-refractivity contribution in [3.63, 3.8) is 0 Å². The molecule has 0 bridgehead atoms. The summed E-state index contributed by atoms with van der Waals surface area (Å²) in [5.41, 5.74) is 3.10. The lowest BCUT2D eigenvalue weighted by atomic mass is 10.0. The summed E-state index contributed by atoms with van der Waals surface area (Å²) in [5, 5.41) is 3.92. The molecule has 0 unspecified atom stereocenters. The van der Waals surface area contributed by atoms with Crippen molar-refractivity contribution in [2.24, 2.45) is 0 Å². The summed E-state index contributed by atoms with van der Waals surface area (Å²) in [5.74, 6) is 0. The Morgan fingerprint density at radius 1 is 0.833 bits per heavy atom. The van der Waals surface area contributed by atoms with Gasteiger partial charge in [-0.15, -0.1) is 0 Å². The highest BCUT2D eigenvalue weighted by molar-refractivity contribution is 7.79. The smallest absolute Gasteiger partial charge is 0.150 e. The average Bonchev–Trinajstić information content (AvgIpc) is 2.64. The molecule has 0 aliphatic carbocycles. The summed E-state index contributed by atoms with van der Waals surface area (Å²) in [6.45, 7) is 4.15. The van der Waals surface area contributed by atoms with Crippen molar-refractivity contribution >= 4 is 30.1 Å². The van der Waals surface area contributed by atoms with Crippen LogP contribution in [0, 0.1) is 6.92 Å². The third-order valence-corrected chi connectivity index (χ3v) is 6.82. The molecule has 0 aliphatic heterocycles.